The normalized spacial score (nSPS) is 14.4. The second-order valence-electron chi connectivity index (χ2n) is 5.22. The number of hydrogen-bond acceptors (Lipinski definition) is 4. The second kappa shape index (κ2) is 7.60. The van der Waals surface area contributed by atoms with Crippen molar-refractivity contribution in [1.29, 1.82) is 0 Å². The summed E-state index contributed by atoms with van der Waals surface area (Å²) in [4.78, 5) is 17.4. The lowest BCUT2D eigenvalue weighted by Crippen LogP contribution is -2.41. The minimum absolute atomic E-state index is 0.0420. The summed E-state index contributed by atoms with van der Waals surface area (Å²) in [6.07, 6.45) is 2.93. The third-order valence-electron chi connectivity index (χ3n) is 3.25. The monoisotopic (exact) mass is 283 g/mol. The van der Waals surface area contributed by atoms with E-state index in [4.69, 9.17) is 0 Å². The highest BCUT2D eigenvalue weighted by Crippen LogP contribution is 2.19. The maximum absolute atomic E-state index is 11.8. The van der Waals surface area contributed by atoms with Gasteiger partial charge < -0.3 is 5.32 Å². The van der Waals surface area contributed by atoms with E-state index in [9.17, 15) is 4.79 Å². The van der Waals surface area contributed by atoms with Crippen LogP contribution in [0.25, 0.3) is 0 Å². The van der Waals surface area contributed by atoms with Crippen molar-refractivity contribution in [3.8, 4) is 0 Å². The van der Waals surface area contributed by atoms with E-state index in [1.807, 2.05) is 20.0 Å². The number of aromatic nitrogens is 1. The summed E-state index contributed by atoms with van der Waals surface area (Å²) in [6, 6.07) is 0.321. The maximum Gasteiger partial charge on any atom is 0.234 e. The Morgan fingerprint density at radius 3 is 2.58 bits per heavy atom. The van der Waals surface area contributed by atoms with Crippen LogP contribution in [0.1, 0.15) is 50.5 Å². The molecule has 4 nitrogen and oxygen atoms in total. The summed E-state index contributed by atoms with van der Waals surface area (Å²) in [5.41, 5.74) is 0. The summed E-state index contributed by atoms with van der Waals surface area (Å²) >= 11 is 1.71. The van der Waals surface area contributed by atoms with Crippen LogP contribution in [0, 0.1) is 5.92 Å². The first-order chi connectivity index (χ1) is 8.93. The largest absolute Gasteiger partial charge is 0.352 e. The zero-order valence-corrected chi connectivity index (χ0v) is 13.3. The standard InChI is InChI=1S/C14H25N3OS/c1-6-12-7-16-14(19-12)11(5)15-8-13(18)17-10(4)9(2)3/h7,9-11,15H,6,8H2,1-5H3,(H,17,18). The molecule has 0 saturated heterocycles. The molecule has 0 bridgehead atoms. The van der Waals surface area contributed by atoms with Crippen LogP contribution < -0.4 is 10.6 Å². The Morgan fingerprint density at radius 1 is 1.37 bits per heavy atom. The van der Waals surface area contributed by atoms with Crippen molar-refractivity contribution in [2.45, 2.75) is 53.1 Å². The molecule has 2 atom stereocenters. The van der Waals surface area contributed by atoms with Crippen molar-refractivity contribution in [3.05, 3.63) is 16.1 Å². The topological polar surface area (TPSA) is 54.0 Å². The van der Waals surface area contributed by atoms with Crippen molar-refractivity contribution in [2.75, 3.05) is 6.54 Å². The predicted octanol–water partition coefficient (Wildman–Crippen LogP) is 2.52. The summed E-state index contributed by atoms with van der Waals surface area (Å²) in [5.74, 6) is 0.493. The van der Waals surface area contributed by atoms with Gasteiger partial charge in [-0.15, -0.1) is 11.3 Å². The minimum atomic E-state index is 0.0420. The Bertz CT molecular complexity index is 403. The van der Waals surface area contributed by atoms with Gasteiger partial charge in [0.25, 0.3) is 0 Å². The Balaban J connectivity index is 2.37. The van der Waals surface area contributed by atoms with E-state index in [1.54, 1.807) is 11.3 Å². The maximum atomic E-state index is 11.8. The molecule has 0 aliphatic carbocycles. The third kappa shape index (κ3) is 5.28. The van der Waals surface area contributed by atoms with Crippen LogP contribution >= 0.6 is 11.3 Å². The van der Waals surface area contributed by atoms with Crippen molar-refractivity contribution in [1.82, 2.24) is 15.6 Å². The van der Waals surface area contributed by atoms with E-state index in [0.29, 0.717) is 12.5 Å². The molecule has 1 heterocycles. The van der Waals surface area contributed by atoms with E-state index >= 15 is 0 Å². The molecule has 0 fully saturated rings. The van der Waals surface area contributed by atoms with Crippen molar-refractivity contribution in [2.24, 2.45) is 5.92 Å². The van der Waals surface area contributed by atoms with Gasteiger partial charge in [0, 0.05) is 17.1 Å². The molecule has 1 aromatic rings. The van der Waals surface area contributed by atoms with Crippen LogP contribution in [0.15, 0.2) is 6.20 Å². The molecule has 1 amide bonds. The van der Waals surface area contributed by atoms with Gasteiger partial charge in [-0.25, -0.2) is 4.98 Å². The van der Waals surface area contributed by atoms with Gasteiger partial charge in [-0.05, 0) is 26.2 Å². The number of amides is 1. The lowest BCUT2D eigenvalue weighted by molar-refractivity contribution is -0.121. The van der Waals surface area contributed by atoms with E-state index in [1.165, 1.54) is 4.88 Å². The highest BCUT2D eigenvalue weighted by atomic mass is 32.1. The van der Waals surface area contributed by atoms with Crippen molar-refractivity contribution < 1.29 is 4.79 Å². The van der Waals surface area contributed by atoms with Gasteiger partial charge in [0.2, 0.25) is 5.91 Å². The number of hydrogen-bond donors (Lipinski definition) is 2. The number of aryl methyl sites for hydroxylation is 1. The first-order valence-corrected chi connectivity index (χ1v) is 7.73. The molecule has 0 aromatic carbocycles. The number of nitrogens with zero attached hydrogens (tertiary/aromatic N) is 1. The number of carbonyl (C=O) groups excluding carboxylic acids is 1. The fourth-order valence-electron chi connectivity index (χ4n) is 1.49. The molecule has 0 aliphatic heterocycles. The Labute approximate surface area is 120 Å². The van der Waals surface area contributed by atoms with E-state index < -0.39 is 0 Å². The van der Waals surface area contributed by atoms with Crippen LogP contribution in [0.5, 0.6) is 0 Å². The SMILES string of the molecule is CCc1cnc(C(C)NCC(=O)NC(C)C(C)C)s1. The van der Waals surface area contributed by atoms with Gasteiger partial charge in [-0.2, -0.15) is 0 Å². The second-order valence-corrected chi connectivity index (χ2v) is 6.37. The van der Waals surface area contributed by atoms with Crippen LogP contribution in [0.2, 0.25) is 0 Å². The fraction of sp³-hybridized carbons (Fsp3) is 0.714. The molecular weight excluding hydrogens is 258 g/mol. The average molecular weight is 283 g/mol. The minimum Gasteiger partial charge on any atom is -0.352 e. The highest BCUT2D eigenvalue weighted by Gasteiger charge is 2.13. The van der Waals surface area contributed by atoms with Crippen LogP contribution in [-0.4, -0.2) is 23.5 Å². The molecular formula is C14H25N3OS. The molecule has 108 valence electrons. The molecule has 0 spiro atoms. The number of thiazole rings is 1. The smallest absolute Gasteiger partial charge is 0.234 e. The van der Waals surface area contributed by atoms with Gasteiger partial charge >= 0.3 is 0 Å². The van der Waals surface area contributed by atoms with Gasteiger partial charge in [-0.3, -0.25) is 10.1 Å². The Hall–Kier alpha value is -0.940. The number of carbonyl (C=O) groups is 1. The molecule has 5 heteroatoms. The summed E-state index contributed by atoms with van der Waals surface area (Å²) < 4.78 is 0. The molecule has 19 heavy (non-hydrogen) atoms. The van der Waals surface area contributed by atoms with E-state index in [-0.39, 0.29) is 18.0 Å². The first-order valence-electron chi connectivity index (χ1n) is 6.91. The number of nitrogens with one attached hydrogen (secondary N) is 2. The summed E-state index contributed by atoms with van der Waals surface area (Å²) in [6.45, 7) is 10.7. The van der Waals surface area contributed by atoms with Crippen molar-refractivity contribution in [3.63, 3.8) is 0 Å². The molecule has 0 radical (unpaired) electrons. The van der Waals surface area contributed by atoms with Crippen LogP contribution in [0.3, 0.4) is 0 Å². The predicted molar refractivity (Wildman–Crippen MR) is 80.4 cm³/mol. The lowest BCUT2D eigenvalue weighted by atomic mass is 10.1. The summed E-state index contributed by atoms with van der Waals surface area (Å²) in [5, 5.41) is 7.24. The molecule has 2 unspecified atom stereocenters. The molecule has 0 saturated carbocycles. The Morgan fingerprint density at radius 2 is 2.05 bits per heavy atom. The zero-order valence-electron chi connectivity index (χ0n) is 12.5. The lowest BCUT2D eigenvalue weighted by Gasteiger charge is -2.18. The Kier molecular flexibility index (Phi) is 6.45. The van der Waals surface area contributed by atoms with Crippen molar-refractivity contribution >= 4 is 17.2 Å². The van der Waals surface area contributed by atoms with Gasteiger partial charge in [-0.1, -0.05) is 20.8 Å². The first kappa shape index (κ1) is 16.1. The van der Waals surface area contributed by atoms with Gasteiger partial charge in [0.15, 0.2) is 0 Å². The highest BCUT2D eigenvalue weighted by molar-refractivity contribution is 7.11. The van der Waals surface area contributed by atoms with Gasteiger partial charge in [0.05, 0.1) is 12.6 Å². The van der Waals surface area contributed by atoms with Gasteiger partial charge in [0.1, 0.15) is 5.01 Å². The average Bonchev–Trinajstić information content (AvgIpc) is 2.84. The quantitative estimate of drug-likeness (QED) is 0.808. The number of rotatable bonds is 7. The molecule has 0 aliphatic rings. The van der Waals surface area contributed by atoms with E-state index in [2.05, 4.69) is 36.4 Å². The molecule has 1 rings (SSSR count). The van der Waals surface area contributed by atoms with Crippen LogP contribution in [0.4, 0.5) is 0 Å². The molecule has 2 N–H and O–H groups in total. The zero-order chi connectivity index (χ0) is 14.4. The van der Waals surface area contributed by atoms with E-state index in [0.717, 1.165) is 11.4 Å². The third-order valence-corrected chi connectivity index (χ3v) is 4.57. The fourth-order valence-corrected chi connectivity index (χ4v) is 2.37. The summed E-state index contributed by atoms with van der Waals surface area (Å²) in [7, 11) is 0. The molecule has 1 aromatic heterocycles. The van der Waals surface area contributed by atoms with Crippen LogP contribution in [-0.2, 0) is 11.2 Å².